The molecule has 1 aromatic carbocycles. The van der Waals surface area contributed by atoms with Crippen molar-refractivity contribution in [3.8, 4) is 0 Å². The lowest BCUT2D eigenvalue weighted by molar-refractivity contribution is 0.176. The molecule has 0 aliphatic heterocycles. The minimum atomic E-state index is -0.245. The highest BCUT2D eigenvalue weighted by Crippen LogP contribution is 2.26. The lowest BCUT2D eigenvalue weighted by Crippen LogP contribution is -2.37. The van der Waals surface area contributed by atoms with E-state index in [9.17, 15) is 4.39 Å². The van der Waals surface area contributed by atoms with Crippen LogP contribution in [0.1, 0.15) is 38.3 Å². The summed E-state index contributed by atoms with van der Waals surface area (Å²) in [5.41, 5.74) is 6.39. The Balaban J connectivity index is 2.98. The third kappa shape index (κ3) is 3.67. The normalized spacial score (nSPS) is 14.8. The molecule has 0 aliphatic carbocycles. The highest BCUT2D eigenvalue weighted by atomic mass is 35.5. The Morgan fingerprint density at radius 2 is 2.11 bits per heavy atom. The first-order valence-electron chi connectivity index (χ1n) is 6.38. The molecule has 0 spiro atoms. The summed E-state index contributed by atoms with van der Waals surface area (Å²) in [6.45, 7) is 4.65. The minimum Gasteiger partial charge on any atom is -0.329 e. The predicted molar refractivity (Wildman–Crippen MR) is 75.3 cm³/mol. The molecule has 18 heavy (non-hydrogen) atoms. The highest BCUT2D eigenvalue weighted by molar-refractivity contribution is 6.30. The van der Waals surface area contributed by atoms with E-state index in [1.165, 1.54) is 6.07 Å². The summed E-state index contributed by atoms with van der Waals surface area (Å²) < 4.78 is 13.9. The van der Waals surface area contributed by atoms with Crippen LogP contribution in [0.15, 0.2) is 18.2 Å². The Morgan fingerprint density at radius 3 is 2.67 bits per heavy atom. The number of halogens is 2. The molecule has 0 radical (unpaired) electrons. The Bertz CT molecular complexity index is 384. The van der Waals surface area contributed by atoms with Crippen molar-refractivity contribution < 1.29 is 4.39 Å². The number of hydrogen-bond donors (Lipinski definition) is 1. The van der Waals surface area contributed by atoms with Crippen LogP contribution in [-0.2, 0) is 0 Å². The van der Waals surface area contributed by atoms with Gasteiger partial charge in [0.2, 0.25) is 0 Å². The Hall–Kier alpha value is -0.640. The molecule has 2 nitrogen and oxygen atoms in total. The van der Waals surface area contributed by atoms with Gasteiger partial charge in [-0.3, -0.25) is 4.90 Å². The molecule has 0 amide bonds. The Morgan fingerprint density at radius 1 is 1.44 bits per heavy atom. The maximum Gasteiger partial charge on any atom is 0.128 e. The maximum absolute atomic E-state index is 13.9. The fourth-order valence-electron chi connectivity index (χ4n) is 2.21. The molecule has 0 aromatic heterocycles. The fourth-order valence-corrected chi connectivity index (χ4v) is 2.39. The standard InChI is InChI=1S/C14H22ClFN2/c1-4-5-10(2)18(3)14(9-17)12-8-11(15)6-7-13(12)16/h6-8,10,14H,4-5,9,17H2,1-3H3. The van der Waals surface area contributed by atoms with Gasteiger partial charge in [0.05, 0.1) is 0 Å². The largest absolute Gasteiger partial charge is 0.329 e. The van der Waals surface area contributed by atoms with Crippen LogP contribution in [0.2, 0.25) is 5.02 Å². The number of nitrogens with two attached hydrogens (primary N) is 1. The van der Waals surface area contributed by atoms with E-state index in [2.05, 4.69) is 18.7 Å². The van der Waals surface area contributed by atoms with Gasteiger partial charge in [0.1, 0.15) is 5.82 Å². The van der Waals surface area contributed by atoms with Gasteiger partial charge in [-0.05, 0) is 38.6 Å². The number of hydrogen-bond acceptors (Lipinski definition) is 2. The second kappa shape index (κ2) is 7.07. The smallest absolute Gasteiger partial charge is 0.128 e. The van der Waals surface area contributed by atoms with Crippen molar-refractivity contribution in [2.75, 3.05) is 13.6 Å². The van der Waals surface area contributed by atoms with Crippen molar-refractivity contribution >= 4 is 11.6 Å². The molecular weight excluding hydrogens is 251 g/mol. The first-order chi connectivity index (χ1) is 8.51. The van der Waals surface area contributed by atoms with Gasteiger partial charge < -0.3 is 5.73 Å². The summed E-state index contributed by atoms with van der Waals surface area (Å²) in [7, 11) is 1.98. The molecule has 0 bridgehead atoms. The van der Waals surface area contributed by atoms with Gasteiger partial charge in [-0.2, -0.15) is 0 Å². The van der Waals surface area contributed by atoms with Gasteiger partial charge in [-0.15, -0.1) is 0 Å². The fraction of sp³-hybridized carbons (Fsp3) is 0.571. The average Bonchev–Trinajstić information content (AvgIpc) is 2.34. The molecule has 1 aromatic rings. The zero-order chi connectivity index (χ0) is 13.7. The van der Waals surface area contributed by atoms with Gasteiger partial charge in [0.15, 0.2) is 0 Å². The van der Waals surface area contributed by atoms with Gasteiger partial charge >= 0.3 is 0 Å². The summed E-state index contributed by atoms with van der Waals surface area (Å²) in [6.07, 6.45) is 2.16. The molecule has 102 valence electrons. The minimum absolute atomic E-state index is 0.134. The van der Waals surface area contributed by atoms with Crippen LogP contribution < -0.4 is 5.73 Å². The SMILES string of the molecule is CCCC(C)N(C)C(CN)c1cc(Cl)ccc1F. The second-order valence-electron chi connectivity index (χ2n) is 4.72. The van der Waals surface area contributed by atoms with Crippen LogP contribution in [0.4, 0.5) is 4.39 Å². The lowest BCUT2D eigenvalue weighted by Gasteiger charge is -2.33. The summed E-state index contributed by atoms with van der Waals surface area (Å²) in [5.74, 6) is -0.245. The van der Waals surface area contributed by atoms with Crippen LogP contribution in [0.5, 0.6) is 0 Å². The van der Waals surface area contributed by atoms with Crippen molar-refractivity contribution in [3.63, 3.8) is 0 Å². The van der Waals surface area contributed by atoms with E-state index in [1.54, 1.807) is 12.1 Å². The van der Waals surface area contributed by atoms with E-state index in [0.29, 0.717) is 23.2 Å². The Labute approximate surface area is 114 Å². The lowest BCUT2D eigenvalue weighted by atomic mass is 10.0. The van der Waals surface area contributed by atoms with Crippen LogP contribution in [0, 0.1) is 5.82 Å². The van der Waals surface area contributed by atoms with Crippen molar-refractivity contribution in [2.24, 2.45) is 5.73 Å². The third-order valence-electron chi connectivity index (χ3n) is 3.43. The van der Waals surface area contributed by atoms with Crippen LogP contribution in [0.3, 0.4) is 0 Å². The van der Waals surface area contributed by atoms with Gasteiger partial charge in [0, 0.05) is 29.2 Å². The first kappa shape index (κ1) is 15.4. The molecule has 2 N–H and O–H groups in total. The molecule has 1 rings (SSSR count). The van der Waals surface area contributed by atoms with Crippen molar-refractivity contribution in [1.82, 2.24) is 4.90 Å². The van der Waals surface area contributed by atoms with Crippen molar-refractivity contribution in [2.45, 2.75) is 38.8 Å². The molecule has 2 unspecified atom stereocenters. The predicted octanol–water partition coefficient (Wildman–Crippen LogP) is 3.60. The Kier molecular flexibility index (Phi) is 6.06. The molecule has 4 heteroatoms. The number of nitrogens with zero attached hydrogens (tertiary/aromatic N) is 1. The van der Waals surface area contributed by atoms with Crippen molar-refractivity contribution in [1.29, 1.82) is 0 Å². The number of benzene rings is 1. The van der Waals surface area contributed by atoms with E-state index in [-0.39, 0.29) is 11.9 Å². The average molecular weight is 273 g/mol. The van der Waals surface area contributed by atoms with Crippen LogP contribution >= 0.6 is 11.6 Å². The van der Waals surface area contributed by atoms with Gasteiger partial charge in [-0.1, -0.05) is 24.9 Å². The summed E-state index contributed by atoms with van der Waals surface area (Å²) in [5, 5.41) is 0.543. The second-order valence-corrected chi connectivity index (χ2v) is 5.16. The molecule has 0 heterocycles. The van der Waals surface area contributed by atoms with Crippen molar-refractivity contribution in [3.05, 3.63) is 34.6 Å². The summed E-state index contributed by atoms with van der Waals surface area (Å²) in [6, 6.07) is 4.86. The summed E-state index contributed by atoms with van der Waals surface area (Å²) >= 11 is 5.94. The van der Waals surface area contributed by atoms with E-state index in [1.807, 2.05) is 7.05 Å². The molecule has 0 fully saturated rings. The van der Waals surface area contributed by atoms with E-state index < -0.39 is 0 Å². The zero-order valence-corrected chi connectivity index (χ0v) is 12.0. The van der Waals surface area contributed by atoms with E-state index in [4.69, 9.17) is 17.3 Å². The molecular formula is C14H22ClFN2. The third-order valence-corrected chi connectivity index (χ3v) is 3.67. The quantitative estimate of drug-likeness (QED) is 0.857. The van der Waals surface area contributed by atoms with Gasteiger partial charge in [0.25, 0.3) is 0 Å². The van der Waals surface area contributed by atoms with E-state index in [0.717, 1.165) is 12.8 Å². The number of likely N-dealkylation sites (N-methyl/N-ethyl adjacent to an activating group) is 1. The molecule has 0 aliphatic rings. The molecule has 0 saturated carbocycles. The van der Waals surface area contributed by atoms with Crippen LogP contribution in [0.25, 0.3) is 0 Å². The first-order valence-corrected chi connectivity index (χ1v) is 6.76. The zero-order valence-electron chi connectivity index (χ0n) is 11.3. The highest BCUT2D eigenvalue weighted by Gasteiger charge is 2.22. The monoisotopic (exact) mass is 272 g/mol. The molecule has 0 saturated heterocycles. The van der Waals surface area contributed by atoms with E-state index >= 15 is 0 Å². The van der Waals surface area contributed by atoms with Gasteiger partial charge in [-0.25, -0.2) is 4.39 Å². The molecule has 2 atom stereocenters. The topological polar surface area (TPSA) is 29.3 Å². The van der Waals surface area contributed by atoms with Crippen LogP contribution in [-0.4, -0.2) is 24.5 Å². The maximum atomic E-state index is 13.9. The number of rotatable bonds is 6. The summed E-state index contributed by atoms with van der Waals surface area (Å²) in [4.78, 5) is 2.12.